The first-order valence-corrected chi connectivity index (χ1v) is 6.03. The number of hydrogen-bond donors (Lipinski definition) is 1. The number of aryl methyl sites for hydroxylation is 1. The minimum Gasteiger partial charge on any atom is -0.495 e. The average molecular weight is 261 g/mol. The van der Waals surface area contributed by atoms with Crippen LogP contribution in [0.25, 0.3) is 10.9 Å². The number of carboxylic acid groups (broad SMARTS) is 1. The maximum atomic E-state index is 11.9. The number of hydrogen-bond acceptors (Lipinski definition) is 3. The molecule has 0 fully saturated rings. The predicted molar refractivity (Wildman–Crippen MR) is 72.0 cm³/mol. The van der Waals surface area contributed by atoms with Crippen molar-refractivity contribution in [2.24, 2.45) is 0 Å². The summed E-state index contributed by atoms with van der Waals surface area (Å²) in [4.78, 5) is 23.0. The summed E-state index contributed by atoms with van der Waals surface area (Å²) < 4.78 is 6.85. The smallest absolute Gasteiger partial charge is 0.335 e. The molecule has 1 aromatic heterocycles. The first-order chi connectivity index (χ1) is 9.08. The number of aromatic nitrogens is 1. The van der Waals surface area contributed by atoms with Crippen molar-refractivity contribution in [2.45, 2.75) is 19.9 Å². The fourth-order valence-corrected chi connectivity index (χ4v) is 2.13. The Bertz CT molecular complexity index is 688. The fraction of sp³-hybridized carbons (Fsp3) is 0.286. The third-order valence-corrected chi connectivity index (χ3v) is 2.96. The zero-order valence-electron chi connectivity index (χ0n) is 10.8. The van der Waals surface area contributed by atoms with Gasteiger partial charge in [-0.15, -0.1) is 0 Å². The number of nitrogens with zero attached hydrogens (tertiary/aromatic N) is 1. The molecule has 1 aromatic carbocycles. The molecule has 5 heteroatoms. The summed E-state index contributed by atoms with van der Waals surface area (Å²) in [7, 11) is 1.47. The standard InChI is InChI=1S/C14H15NO4/c1-3-6-15-12(16)5-4-9-7-10(14(17)18)8-11(19-2)13(9)15/h4-5,7-8H,3,6H2,1-2H3,(H,17,18). The number of carbonyl (C=O) groups is 1. The van der Waals surface area contributed by atoms with Gasteiger partial charge in [0, 0.05) is 18.0 Å². The number of rotatable bonds is 4. The molecule has 0 saturated heterocycles. The van der Waals surface area contributed by atoms with Crippen LogP contribution in [0.3, 0.4) is 0 Å². The highest BCUT2D eigenvalue weighted by molar-refractivity contribution is 5.96. The number of benzene rings is 1. The van der Waals surface area contributed by atoms with Gasteiger partial charge in [0.15, 0.2) is 0 Å². The number of carboxylic acids is 1. The molecule has 2 rings (SSSR count). The van der Waals surface area contributed by atoms with Crippen LogP contribution < -0.4 is 10.3 Å². The van der Waals surface area contributed by atoms with Gasteiger partial charge in [-0.3, -0.25) is 4.79 Å². The molecule has 100 valence electrons. The Labute approximate surface area is 110 Å². The van der Waals surface area contributed by atoms with Gasteiger partial charge in [-0.05, 0) is 24.6 Å². The molecule has 2 aromatic rings. The lowest BCUT2D eigenvalue weighted by molar-refractivity contribution is 0.0696. The lowest BCUT2D eigenvalue weighted by Gasteiger charge is -2.13. The summed E-state index contributed by atoms with van der Waals surface area (Å²) in [6.07, 6.45) is 0.808. The van der Waals surface area contributed by atoms with Crippen molar-refractivity contribution in [1.82, 2.24) is 4.57 Å². The van der Waals surface area contributed by atoms with E-state index in [1.807, 2.05) is 6.92 Å². The zero-order valence-corrected chi connectivity index (χ0v) is 10.8. The van der Waals surface area contributed by atoms with Gasteiger partial charge in [-0.1, -0.05) is 6.92 Å². The molecule has 0 amide bonds. The van der Waals surface area contributed by atoms with Crippen LogP contribution in [0.1, 0.15) is 23.7 Å². The van der Waals surface area contributed by atoms with E-state index in [9.17, 15) is 9.59 Å². The SMILES string of the molecule is CCCn1c(=O)ccc2cc(C(=O)O)cc(OC)c21. The minimum absolute atomic E-state index is 0.115. The monoisotopic (exact) mass is 261 g/mol. The second-order valence-electron chi connectivity index (χ2n) is 4.24. The maximum Gasteiger partial charge on any atom is 0.335 e. The number of fused-ring (bicyclic) bond motifs is 1. The van der Waals surface area contributed by atoms with E-state index in [0.29, 0.717) is 23.2 Å². The van der Waals surface area contributed by atoms with E-state index in [1.165, 1.54) is 19.2 Å². The second-order valence-corrected chi connectivity index (χ2v) is 4.24. The van der Waals surface area contributed by atoms with Gasteiger partial charge >= 0.3 is 5.97 Å². The lowest BCUT2D eigenvalue weighted by Crippen LogP contribution is -2.19. The first-order valence-electron chi connectivity index (χ1n) is 6.03. The van der Waals surface area contributed by atoms with E-state index < -0.39 is 5.97 Å². The third kappa shape index (κ3) is 2.31. The van der Waals surface area contributed by atoms with Gasteiger partial charge in [-0.25, -0.2) is 4.79 Å². The van der Waals surface area contributed by atoms with E-state index in [2.05, 4.69) is 0 Å². The Balaban J connectivity index is 2.85. The molecular weight excluding hydrogens is 246 g/mol. The Morgan fingerprint density at radius 3 is 2.68 bits per heavy atom. The highest BCUT2D eigenvalue weighted by Gasteiger charge is 2.13. The number of methoxy groups -OCH3 is 1. The van der Waals surface area contributed by atoms with Crippen molar-refractivity contribution in [2.75, 3.05) is 7.11 Å². The Morgan fingerprint density at radius 1 is 1.37 bits per heavy atom. The average Bonchev–Trinajstić information content (AvgIpc) is 2.40. The molecule has 0 bridgehead atoms. The summed E-state index contributed by atoms with van der Waals surface area (Å²) >= 11 is 0. The second kappa shape index (κ2) is 5.14. The molecule has 1 N–H and O–H groups in total. The fourth-order valence-electron chi connectivity index (χ4n) is 2.13. The van der Waals surface area contributed by atoms with Gasteiger partial charge < -0.3 is 14.4 Å². The van der Waals surface area contributed by atoms with E-state index in [-0.39, 0.29) is 11.1 Å². The summed E-state index contributed by atoms with van der Waals surface area (Å²) in [6.45, 7) is 2.54. The van der Waals surface area contributed by atoms with Crippen molar-refractivity contribution in [3.05, 3.63) is 40.2 Å². The minimum atomic E-state index is -1.02. The Hall–Kier alpha value is -2.30. The number of aromatic carboxylic acids is 1. The summed E-state index contributed by atoms with van der Waals surface area (Å²) in [6, 6.07) is 6.06. The van der Waals surface area contributed by atoms with Crippen LogP contribution in [0.15, 0.2) is 29.1 Å². The third-order valence-electron chi connectivity index (χ3n) is 2.96. The van der Waals surface area contributed by atoms with Gasteiger partial charge in [0.1, 0.15) is 5.75 Å². The molecule has 0 atom stereocenters. The van der Waals surface area contributed by atoms with E-state index in [4.69, 9.17) is 9.84 Å². The van der Waals surface area contributed by atoms with Crippen LogP contribution >= 0.6 is 0 Å². The largest absolute Gasteiger partial charge is 0.495 e. The van der Waals surface area contributed by atoms with Crippen LogP contribution in [0.5, 0.6) is 5.75 Å². The van der Waals surface area contributed by atoms with Gasteiger partial charge in [-0.2, -0.15) is 0 Å². The molecule has 1 heterocycles. The van der Waals surface area contributed by atoms with Crippen LogP contribution in [-0.2, 0) is 6.54 Å². The van der Waals surface area contributed by atoms with Crippen LogP contribution in [-0.4, -0.2) is 22.8 Å². The molecule has 0 aliphatic rings. The molecular formula is C14H15NO4. The van der Waals surface area contributed by atoms with Crippen molar-refractivity contribution in [3.8, 4) is 5.75 Å². The topological polar surface area (TPSA) is 68.5 Å². The van der Waals surface area contributed by atoms with Gasteiger partial charge in [0.05, 0.1) is 18.2 Å². The van der Waals surface area contributed by atoms with Crippen molar-refractivity contribution in [1.29, 1.82) is 0 Å². The quantitative estimate of drug-likeness (QED) is 0.915. The van der Waals surface area contributed by atoms with Crippen LogP contribution in [0, 0.1) is 0 Å². The molecule has 0 spiro atoms. The highest BCUT2D eigenvalue weighted by Crippen LogP contribution is 2.26. The summed E-state index contributed by atoms with van der Waals surface area (Å²) in [5.41, 5.74) is 0.670. The maximum absolute atomic E-state index is 11.9. The van der Waals surface area contributed by atoms with Gasteiger partial charge in [0.2, 0.25) is 0 Å². The Kier molecular flexibility index (Phi) is 3.55. The number of ether oxygens (including phenoxy) is 1. The van der Waals surface area contributed by atoms with Crippen molar-refractivity contribution >= 4 is 16.9 Å². The lowest BCUT2D eigenvalue weighted by atomic mass is 10.1. The van der Waals surface area contributed by atoms with Crippen molar-refractivity contribution < 1.29 is 14.6 Å². The van der Waals surface area contributed by atoms with Crippen molar-refractivity contribution in [3.63, 3.8) is 0 Å². The summed E-state index contributed by atoms with van der Waals surface area (Å²) in [5, 5.41) is 9.75. The van der Waals surface area contributed by atoms with Crippen LogP contribution in [0.4, 0.5) is 0 Å². The molecule has 0 radical (unpaired) electrons. The van der Waals surface area contributed by atoms with E-state index in [1.54, 1.807) is 16.7 Å². The summed E-state index contributed by atoms with van der Waals surface area (Å²) in [5.74, 6) is -0.616. The first kappa shape index (κ1) is 13.1. The normalized spacial score (nSPS) is 10.6. The van der Waals surface area contributed by atoms with Gasteiger partial charge in [0.25, 0.3) is 5.56 Å². The Morgan fingerprint density at radius 2 is 2.11 bits per heavy atom. The zero-order chi connectivity index (χ0) is 14.0. The van der Waals surface area contributed by atoms with Crippen LogP contribution in [0.2, 0.25) is 0 Å². The highest BCUT2D eigenvalue weighted by atomic mass is 16.5. The molecule has 0 saturated carbocycles. The molecule has 5 nitrogen and oxygen atoms in total. The van der Waals surface area contributed by atoms with E-state index in [0.717, 1.165) is 6.42 Å². The molecule has 0 aliphatic heterocycles. The number of pyridine rings is 1. The predicted octanol–water partition coefficient (Wildman–Crippen LogP) is 2.12. The molecule has 0 unspecified atom stereocenters. The molecule has 19 heavy (non-hydrogen) atoms. The molecule has 0 aliphatic carbocycles. The van der Waals surface area contributed by atoms with E-state index >= 15 is 0 Å².